The number of hydrogen-bond acceptors (Lipinski definition) is 2. The molecule has 0 aliphatic heterocycles. The summed E-state index contributed by atoms with van der Waals surface area (Å²) in [6, 6.07) is 5.36. The van der Waals surface area contributed by atoms with Crippen molar-refractivity contribution in [3.8, 4) is 0 Å². The molecule has 0 bridgehead atoms. The molecule has 0 radical (unpaired) electrons. The number of carbonyl (C=O) groups excluding carboxylic acids is 1. The van der Waals surface area contributed by atoms with Gasteiger partial charge in [-0.3, -0.25) is 9.48 Å². The van der Waals surface area contributed by atoms with Gasteiger partial charge in [0.05, 0.1) is 10.2 Å². The van der Waals surface area contributed by atoms with Crippen LogP contribution in [0.4, 0.5) is 5.69 Å². The molecule has 2 aromatic rings. The van der Waals surface area contributed by atoms with Crippen molar-refractivity contribution in [2.45, 2.75) is 13.8 Å². The molecule has 1 aromatic heterocycles. The topological polar surface area (TPSA) is 46.9 Å². The second kappa shape index (κ2) is 5.35. The number of nitrogens with one attached hydrogen (secondary N) is 1. The second-order valence-electron chi connectivity index (χ2n) is 4.28. The van der Waals surface area contributed by atoms with Crippen LogP contribution in [0.2, 0.25) is 5.02 Å². The Kier molecular flexibility index (Phi) is 3.96. The lowest BCUT2D eigenvalue weighted by Crippen LogP contribution is -2.14. The van der Waals surface area contributed by atoms with Crippen LogP contribution in [-0.2, 0) is 7.05 Å². The van der Waals surface area contributed by atoms with E-state index < -0.39 is 0 Å². The van der Waals surface area contributed by atoms with Crippen LogP contribution in [0.15, 0.2) is 22.7 Å². The molecule has 0 atom stereocenters. The van der Waals surface area contributed by atoms with Gasteiger partial charge in [-0.15, -0.1) is 0 Å². The smallest absolute Gasteiger partial charge is 0.277 e. The summed E-state index contributed by atoms with van der Waals surface area (Å²) in [5.41, 5.74) is 2.89. The minimum Gasteiger partial charge on any atom is -0.320 e. The van der Waals surface area contributed by atoms with E-state index in [9.17, 15) is 4.79 Å². The predicted molar refractivity (Wildman–Crippen MR) is 79.8 cm³/mol. The highest BCUT2D eigenvalue weighted by Gasteiger charge is 2.18. The van der Waals surface area contributed by atoms with E-state index in [2.05, 4.69) is 26.3 Å². The molecule has 0 unspecified atom stereocenters. The maximum absolute atomic E-state index is 12.2. The second-order valence-corrected chi connectivity index (χ2v) is 5.51. The van der Waals surface area contributed by atoms with Gasteiger partial charge in [0, 0.05) is 17.8 Å². The molecule has 1 aromatic carbocycles. The lowest BCUT2D eigenvalue weighted by Gasteiger charge is -2.07. The molecule has 1 amide bonds. The lowest BCUT2D eigenvalue weighted by molar-refractivity contribution is 0.102. The van der Waals surface area contributed by atoms with E-state index >= 15 is 0 Å². The normalized spacial score (nSPS) is 10.6. The van der Waals surface area contributed by atoms with Crippen molar-refractivity contribution in [3.05, 3.63) is 44.6 Å². The first-order valence-electron chi connectivity index (χ1n) is 5.66. The Morgan fingerprint density at radius 1 is 1.42 bits per heavy atom. The average Bonchev–Trinajstić information content (AvgIpc) is 2.62. The molecule has 0 aliphatic carbocycles. The van der Waals surface area contributed by atoms with Gasteiger partial charge in [-0.05, 0) is 47.5 Å². The molecule has 0 saturated carbocycles. The summed E-state index contributed by atoms with van der Waals surface area (Å²) in [6.45, 7) is 3.79. The highest BCUT2D eigenvalue weighted by molar-refractivity contribution is 9.10. The summed E-state index contributed by atoms with van der Waals surface area (Å²) < 4.78 is 2.36. The van der Waals surface area contributed by atoms with Gasteiger partial charge in [-0.2, -0.15) is 5.10 Å². The SMILES string of the molecule is Cc1ccc(Cl)cc1NC(=O)c1nn(C)c(C)c1Br. The van der Waals surface area contributed by atoms with E-state index in [0.717, 1.165) is 11.3 Å². The molecule has 1 heterocycles. The molecule has 4 nitrogen and oxygen atoms in total. The fraction of sp³-hybridized carbons (Fsp3) is 0.231. The van der Waals surface area contributed by atoms with Crippen LogP contribution >= 0.6 is 27.5 Å². The average molecular weight is 343 g/mol. The zero-order valence-corrected chi connectivity index (χ0v) is 13.1. The fourth-order valence-electron chi connectivity index (χ4n) is 1.64. The molecular formula is C13H13BrClN3O. The Balaban J connectivity index is 2.30. The number of rotatable bonds is 2. The van der Waals surface area contributed by atoms with Crippen molar-refractivity contribution in [2.24, 2.45) is 7.05 Å². The Labute approximate surface area is 124 Å². The molecule has 2 rings (SSSR count). The molecule has 0 spiro atoms. The van der Waals surface area contributed by atoms with E-state index in [4.69, 9.17) is 11.6 Å². The summed E-state index contributed by atoms with van der Waals surface area (Å²) in [4.78, 5) is 12.2. The first kappa shape index (κ1) is 14.1. The van der Waals surface area contributed by atoms with Gasteiger partial charge in [0.2, 0.25) is 0 Å². The minimum atomic E-state index is -0.263. The van der Waals surface area contributed by atoms with E-state index in [1.807, 2.05) is 19.9 Å². The molecular weight excluding hydrogens is 330 g/mol. The van der Waals surface area contributed by atoms with Crippen molar-refractivity contribution < 1.29 is 4.79 Å². The highest BCUT2D eigenvalue weighted by atomic mass is 79.9. The van der Waals surface area contributed by atoms with Crippen molar-refractivity contribution in [1.29, 1.82) is 0 Å². The Bertz CT molecular complexity index is 652. The van der Waals surface area contributed by atoms with Crippen LogP contribution in [0.5, 0.6) is 0 Å². The van der Waals surface area contributed by atoms with E-state index in [0.29, 0.717) is 20.9 Å². The van der Waals surface area contributed by atoms with Crippen LogP contribution in [0, 0.1) is 13.8 Å². The lowest BCUT2D eigenvalue weighted by atomic mass is 10.2. The van der Waals surface area contributed by atoms with Crippen LogP contribution in [-0.4, -0.2) is 15.7 Å². The van der Waals surface area contributed by atoms with E-state index in [-0.39, 0.29) is 5.91 Å². The van der Waals surface area contributed by atoms with Gasteiger partial charge in [-0.1, -0.05) is 17.7 Å². The van der Waals surface area contributed by atoms with Crippen LogP contribution in [0.1, 0.15) is 21.7 Å². The Hall–Kier alpha value is -1.33. The number of nitrogens with zero attached hydrogens (tertiary/aromatic N) is 2. The standard InChI is InChI=1S/C13H13BrClN3O/c1-7-4-5-9(15)6-10(7)16-13(19)12-11(14)8(2)18(3)17-12/h4-6H,1-3H3,(H,16,19). The molecule has 1 N–H and O–H groups in total. The summed E-state index contributed by atoms with van der Waals surface area (Å²) in [7, 11) is 1.79. The van der Waals surface area contributed by atoms with Gasteiger partial charge in [0.15, 0.2) is 5.69 Å². The van der Waals surface area contributed by atoms with E-state index in [1.54, 1.807) is 23.9 Å². The van der Waals surface area contributed by atoms with Crippen LogP contribution in [0.25, 0.3) is 0 Å². The largest absolute Gasteiger partial charge is 0.320 e. The summed E-state index contributed by atoms with van der Waals surface area (Å²) in [5, 5.41) is 7.58. The fourth-order valence-corrected chi connectivity index (χ4v) is 2.33. The predicted octanol–water partition coefficient (Wildman–Crippen LogP) is 3.71. The molecule has 6 heteroatoms. The van der Waals surface area contributed by atoms with Crippen molar-refractivity contribution in [2.75, 3.05) is 5.32 Å². The number of amides is 1. The third-order valence-corrected chi connectivity index (χ3v) is 4.11. The third-order valence-electron chi connectivity index (χ3n) is 2.92. The number of carbonyl (C=O) groups is 1. The number of hydrogen-bond donors (Lipinski definition) is 1. The quantitative estimate of drug-likeness (QED) is 0.904. The van der Waals surface area contributed by atoms with Crippen LogP contribution in [0.3, 0.4) is 0 Å². The molecule has 100 valence electrons. The number of anilines is 1. The van der Waals surface area contributed by atoms with Gasteiger partial charge >= 0.3 is 0 Å². The van der Waals surface area contributed by atoms with Gasteiger partial charge in [0.1, 0.15) is 0 Å². The first-order valence-corrected chi connectivity index (χ1v) is 6.84. The summed E-state index contributed by atoms with van der Waals surface area (Å²) in [5.74, 6) is -0.263. The number of benzene rings is 1. The maximum Gasteiger partial charge on any atom is 0.277 e. The Morgan fingerprint density at radius 2 is 2.11 bits per heavy atom. The van der Waals surface area contributed by atoms with Gasteiger partial charge in [0.25, 0.3) is 5.91 Å². The zero-order chi connectivity index (χ0) is 14.2. The van der Waals surface area contributed by atoms with Crippen molar-refractivity contribution in [1.82, 2.24) is 9.78 Å². The summed E-state index contributed by atoms with van der Waals surface area (Å²) >= 11 is 9.30. The maximum atomic E-state index is 12.2. The van der Waals surface area contributed by atoms with Crippen LogP contribution < -0.4 is 5.32 Å². The Morgan fingerprint density at radius 3 is 2.68 bits per heavy atom. The van der Waals surface area contributed by atoms with Gasteiger partial charge < -0.3 is 5.32 Å². The number of aromatic nitrogens is 2. The van der Waals surface area contributed by atoms with E-state index in [1.165, 1.54) is 0 Å². The minimum absolute atomic E-state index is 0.263. The number of halogens is 2. The molecule has 0 aliphatic rings. The third kappa shape index (κ3) is 2.82. The van der Waals surface area contributed by atoms with Gasteiger partial charge in [-0.25, -0.2) is 0 Å². The zero-order valence-electron chi connectivity index (χ0n) is 10.8. The molecule has 19 heavy (non-hydrogen) atoms. The number of aryl methyl sites for hydroxylation is 2. The first-order chi connectivity index (χ1) is 8.90. The van der Waals surface area contributed by atoms with Crippen molar-refractivity contribution in [3.63, 3.8) is 0 Å². The highest BCUT2D eigenvalue weighted by Crippen LogP contribution is 2.24. The summed E-state index contributed by atoms with van der Waals surface area (Å²) in [6.07, 6.45) is 0. The van der Waals surface area contributed by atoms with Crippen molar-refractivity contribution >= 4 is 39.1 Å². The molecule has 0 saturated heterocycles. The molecule has 0 fully saturated rings. The monoisotopic (exact) mass is 341 g/mol.